The highest BCUT2D eigenvalue weighted by atomic mass is 19.1. The van der Waals surface area contributed by atoms with Gasteiger partial charge in [0, 0.05) is 48.1 Å². The maximum Gasteiger partial charge on any atom is 0.187 e. The van der Waals surface area contributed by atoms with Crippen molar-refractivity contribution in [2.75, 3.05) is 52.3 Å². The first kappa shape index (κ1) is 24.5. The second kappa shape index (κ2) is 11.2. The Morgan fingerprint density at radius 2 is 1.77 bits per heavy atom. The molecule has 4 rings (SSSR count). The van der Waals surface area contributed by atoms with Crippen LogP contribution in [0.2, 0.25) is 0 Å². The molecule has 1 fully saturated rings. The Hall–Kier alpha value is -3.64. The highest BCUT2D eigenvalue weighted by molar-refractivity contribution is 6.11. The number of carbonyl (C=O) groups excluding carboxylic acids is 1. The number of ketones is 1. The van der Waals surface area contributed by atoms with E-state index in [1.165, 1.54) is 25.3 Å². The zero-order valence-corrected chi connectivity index (χ0v) is 20.5. The van der Waals surface area contributed by atoms with E-state index in [1.54, 1.807) is 19.2 Å². The molecular weight excluding hydrogens is 443 g/mol. The minimum absolute atomic E-state index is 0.176. The number of rotatable bonds is 7. The average Bonchev–Trinajstić information content (AvgIpc) is 3.11. The molecule has 3 aromatic rings. The molecule has 0 aromatic heterocycles. The summed E-state index contributed by atoms with van der Waals surface area (Å²) in [6.07, 6.45) is 3.98. The first-order valence-electron chi connectivity index (χ1n) is 11.8. The Morgan fingerprint density at radius 1 is 0.943 bits per heavy atom. The van der Waals surface area contributed by atoms with Crippen LogP contribution in [-0.4, -0.2) is 58.1 Å². The van der Waals surface area contributed by atoms with Gasteiger partial charge in [0.2, 0.25) is 0 Å². The predicted octanol–water partition coefficient (Wildman–Crippen LogP) is 5.55. The molecule has 6 heteroatoms. The van der Waals surface area contributed by atoms with Crippen LogP contribution in [-0.2, 0) is 0 Å². The maximum absolute atomic E-state index is 14.4. The summed E-state index contributed by atoms with van der Waals surface area (Å²) in [5.74, 6) is 0.561. The number of halogens is 1. The third-order valence-corrected chi connectivity index (χ3v) is 6.36. The molecule has 1 aliphatic rings. The number of likely N-dealkylation sites (N-methyl/N-ethyl adjacent to an activating group) is 1. The van der Waals surface area contributed by atoms with Crippen LogP contribution in [0.5, 0.6) is 11.5 Å². The monoisotopic (exact) mass is 474 g/mol. The van der Waals surface area contributed by atoms with Crippen molar-refractivity contribution in [3.63, 3.8) is 0 Å². The molecule has 0 atom stereocenters. The first-order valence-corrected chi connectivity index (χ1v) is 11.8. The second-order valence-electron chi connectivity index (χ2n) is 8.66. The summed E-state index contributed by atoms with van der Waals surface area (Å²) in [7, 11) is 5.25. The van der Waals surface area contributed by atoms with Crippen LogP contribution >= 0.6 is 0 Å². The van der Waals surface area contributed by atoms with Crippen molar-refractivity contribution in [1.82, 2.24) is 4.90 Å². The van der Waals surface area contributed by atoms with E-state index in [0.29, 0.717) is 16.9 Å². The van der Waals surface area contributed by atoms with Gasteiger partial charge in [-0.2, -0.15) is 0 Å². The lowest BCUT2D eigenvalue weighted by atomic mass is 9.97. The van der Waals surface area contributed by atoms with Crippen molar-refractivity contribution in [2.24, 2.45) is 0 Å². The normalized spacial score (nSPS) is 14.7. The van der Waals surface area contributed by atoms with Crippen LogP contribution < -0.4 is 14.4 Å². The minimum atomic E-state index is -0.438. The number of ether oxygens (including phenoxy) is 2. The third kappa shape index (κ3) is 5.72. The van der Waals surface area contributed by atoms with Crippen LogP contribution in [0.4, 0.5) is 10.1 Å². The summed E-state index contributed by atoms with van der Waals surface area (Å²) in [6, 6.07) is 18.3. The third-order valence-electron chi connectivity index (χ3n) is 6.36. The largest absolute Gasteiger partial charge is 0.497 e. The van der Waals surface area contributed by atoms with Crippen LogP contribution in [0.15, 0.2) is 66.7 Å². The molecule has 0 spiro atoms. The van der Waals surface area contributed by atoms with Crippen LogP contribution in [0.1, 0.15) is 22.3 Å². The van der Waals surface area contributed by atoms with Gasteiger partial charge in [-0.15, -0.1) is 0 Å². The molecule has 0 N–H and O–H groups in total. The van der Waals surface area contributed by atoms with Gasteiger partial charge in [0.05, 0.1) is 14.2 Å². The van der Waals surface area contributed by atoms with Gasteiger partial charge in [-0.1, -0.05) is 24.3 Å². The SMILES string of the molecule is COc1ccc(/C=C/C(=O)c2cc(-c3ccccc3OC)ccc2N2CCCN(C)CC2)c(F)c1. The smallest absolute Gasteiger partial charge is 0.187 e. The summed E-state index contributed by atoms with van der Waals surface area (Å²) in [5, 5.41) is 0. The van der Waals surface area contributed by atoms with Crippen LogP contribution in [0.25, 0.3) is 17.2 Å². The molecule has 3 aromatic carbocycles. The number of benzene rings is 3. The van der Waals surface area contributed by atoms with Crippen molar-refractivity contribution in [2.45, 2.75) is 6.42 Å². The molecule has 0 radical (unpaired) electrons. The van der Waals surface area contributed by atoms with Crippen molar-refractivity contribution in [3.8, 4) is 22.6 Å². The van der Waals surface area contributed by atoms with Gasteiger partial charge in [-0.25, -0.2) is 4.39 Å². The van der Waals surface area contributed by atoms with Gasteiger partial charge in [0.1, 0.15) is 17.3 Å². The van der Waals surface area contributed by atoms with Gasteiger partial charge >= 0.3 is 0 Å². The van der Waals surface area contributed by atoms with Crippen LogP contribution in [0, 0.1) is 5.82 Å². The highest BCUT2D eigenvalue weighted by Crippen LogP contribution is 2.34. The topological polar surface area (TPSA) is 42.0 Å². The Balaban J connectivity index is 1.73. The van der Waals surface area contributed by atoms with E-state index < -0.39 is 5.82 Å². The standard InChI is InChI=1S/C29H31FN2O3/c1-31-15-6-16-32(18-17-31)27-13-10-22(24-7-4-5-8-29(24)35-3)19-25(27)28(33)14-11-21-9-12-23(34-2)20-26(21)30/h4-5,7-14,19-20H,6,15-18H2,1-3H3/b14-11+. The molecule has 5 nitrogen and oxygen atoms in total. The Kier molecular flexibility index (Phi) is 7.83. The summed E-state index contributed by atoms with van der Waals surface area (Å²) in [6.45, 7) is 3.65. The van der Waals surface area contributed by atoms with Gasteiger partial charge in [0.15, 0.2) is 5.78 Å². The highest BCUT2D eigenvalue weighted by Gasteiger charge is 2.20. The Morgan fingerprint density at radius 3 is 2.54 bits per heavy atom. The number of hydrogen-bond donors (Lipinski definition) is 0. The molecule has 1 saturated heterocycles. The van der Waals surface area contributed by atoms with E-state index in [1.807, 2.05) is 42.5 Å². The fourth-order valence-corrected chi connectivity index (χ4v) is 4.37. The van der Waals surface area contributed by atoms with Crippen molar-refractivity contribution < 1.29 is 18.7 Å². The van der Waals surface area contributed by atoms with E-state index in [0.717, 1.165) is 55.2 Å². The summed E-state index contributed by atoms with van der Waals surface area (Å²) in [5.41, 5.74) is 3.62. The molecule has 1 aliphatic heterocycles. The molecule has 0 saturated carbocycles. The predicted molar refractivity (Wildman–Crippen MR) is 139 cm³/mol. The average molecular weight is 475 g/mol. The number of anilines is 1. The van der Waals surface area contributed by atoms with E-state index in [4.69, 9.17) is 9.47 Å². The van der Waals surface area contributed by atoms with E-state index in [2.05, 4.69) is 16.8 Å². The zero-order chi connectivity index (χ0) is 24.8. The van der Waals surface area contributed by atoms with E-state index in [-0.39, 0.29) is 5.78 Å². The number of methoxy groups -OCH3 is 2. The lowest BCUT2D eigenvalue weighted by Gasteiger charge is -2.25. The second-order valence-corrected chi connectivity index (χ2v) is 8.66. The Bertz CT molecular complexity index is 1220. The molecule has 0 unspecified atom stereocenters. The Labute approximate surface area is 206 Å². The lowest BCUT2D eigenvalue weighted by molar-refractivity contribution is 0.104. The zero-order valence-electron chi connectivity index (χ0n) is 20.5. The van der Waals surface area contributed by atoms with Crippen molar-refractivity contribution >= 4 is 17.5 Å². The van der Waals surface area contributed by atoms with Gasteiger partial charge in [-0.05, 0) is 68.1 Å². The van der Waals surface area contributed by atoms with E-state index in [9.17, 15) is 9.18 Å². The van der Waals surface area contributed by atoms with Gasteiger partial charge in [-0.3, -0.25) is 4.79 Å². The number of carbonyl (C=O) groups is 1. The fourth-order valence-electron chi connectivity index (χ4n) is 4.37. The molecule has 35 heavy (non-hydrogen) atoms. The summed E-state index contributed by atoms with van der Waals surface area (Å²) >= 11 is 0. The fraction of sp³-hybridized carbons (Fsp3) is 0.276. The molecule has 0 aliphatic carbocycles. The summed E-state index contributed by atoms with van der Waals surface area (Å²) in [4.78, 5) is 18.1. The number of allylic oxidation sites excluding steroid dienone is 1. The maximum atomic E-state index is 14.4. The van der Waals surface area contributed by atoms with Crippen LogP contribution in [0.3, 0.4) is 0 Å². The summed E-state index contributed by atoms with van der Waals surface area (Å²) < 4.78 is 25.1. The molecule has 0 amide bonds. The lowest BCUT2D eigenvalue weighted by Crippen LogP contribution is -2.29. The van der Waals surface area contributed by atoms with Gasteiger partial charge < -0.3 is 19.3 Å². The molecular formula is C29H31FN2O3. The first-order chi connectivity index (χ1) is 17.0. The molecule has 1 heterocycles. The number of nitrogens with zero attached hydrogens (tertiary/aromatic N) is 2. The van der Waals surface area contributed by atoms with Gasteiger partial charge in [0.25, 0.3) is 0 Å². The van der Waals surface area contributed by atoms with Crippen molar-refractivity contribution in [1.29, 1.82) is 0 Å². The van der Waals surface area contributed by atoms with E-state index >= 15 is 0 Å². The number of para-hydroxylation sites is 1. The quantitative estimate of drug-likeness (QED) is 0.332. The minimum Gasteiger partial charge on any atom is -0.497 e. The molecule has 182 valence electrons. The molecule has 0 bridgehead atoms. The van der Waals surface area contributed by atoms with Crippen molar-refractivity contribution in [3.05, 3.63) is 83.7 Å². The number of hydrogen-bond acceptors (Lipinski definition) is 5.